The van der Waals surface area contributed by atoms with Crippen LogP contribution in [0.3, 0.4) is 0 Å². The summed E-state index contributed by atoms with van der Waals surface area (Å²) in [5.41, 5.74) is 3.71. The van der Waals surface area contributed by atoms with Gasteiger partial charge in [0.15, 0.2) is 0 Å². The Balaban J connectivity index is 1.65. The maximum atomic E-state index is 12.1. The Hall–Kier alpha value is -4.31. The molecular weight excluding hydrogens is 394 g/mol. The molecule has 0 fully saturated rings. The van der Waals surface area contributed by atoms with Crippen LogP contribution >= 0.6 is 0 Å². The number of rotatable bonds is 7. The first-order valence-corrected chi connectivity index (χ1v) is 9.44. The second-order valence-corrected chi connectivity index (χ2v) is 6.42. The van der Waals surface area contributed by atoms with Gasteiger partial charge < -0.3 is 14.8 Å². The maximum Gasteiger partial charge on any atom is 0.329 e. The van der Waals surface area contributed by atoms with Crippen molar-refractivity contribution in [1.29, 1.82) is 0 Å². The van der Waals surface area contributed by atoms with Crippen LogP contribution in [0, 0.1) is 12.3 Å². The zero-order valence-electron chi connectivity index (χ0n) is 16.9. The highest BCUT2D eigenvalue weighted by Gasteiger charge is 2.13. The number of hydrogen-bond acceptors (Lipinski definition) is 5. The fourth-order valence-corrected chi connectivity index (χ4v) is 2.87. The minimum atomic E-state index is -0.879. The van der Waals surface area contributed by atoms with Crippen LogP contribution in [0.5, 0.6) is 11.5 Å². The Bertz CT molecular complexity index is 1150. The number of benzene rings is 3. The van der Waals surface area contributed by atoms with Crippen LogP contribution in [0.25, 0.3) is 10.8 Å². The molecule has 0 aliphatic carbocycles. The van der Waals surface area contributed by atoms with Crippen molar-refractivity contribution in [3.63, 3.8) is 0 Å². The molecule has 2 N–H and O–H groups in total. The van der Waals surface area contributed by atoms with Gasteiger partial charge in [0.25, 0.3) is 0 Å². The normalized spacial score (nSPS) is 10.5. The number of nitrogens with one attached hydrogen (secondary N) is 2. The Morgan fingerprint density at radius 2 is 1.84 bits per heavy atom. The highest BCUT2D eigenvalue weighted by Crippen LogP contribution is 2.26. The van der Waals surface area contributed by atoms with Crippen LogP contribution in [0.1, 0.15) is 11.1 Å². The van der Waals surface area contributed by atoms with Gasteiger partial charge in [0.05, 0.1) is 13.3 Å². The molecule has 0 heterocycles. The minimum Gasteiger partial charge on any atom is -0.497 e. The van der Waals surface area contributed by atoms with Crippen LogP contribution in [-0.4, -0.2) is 31.7 Å². The number of terminal acetylenes is 1. The van der Waals surface area contributed by atoms with Gasteiger partial charge in [-0.25, -0.2) is 5.43 Å². The topological polar surface area (TPSA) is 89.0 Å². The second kappa shape index (κ2) is 10.5. The summed E-state index contributed by atoms with van der Waals surface area (Å²) < 4.78 is 10.7. The predicted molar refractivity (Wildman–Crippen MR) is 119 cm³/mol. The number of ether oxygens (including phenoxy) is 2. The molecule has 0 radical (unpaired) electrons. The molecule has 2 amide bonds. The molecule has 31 heavy (non-hydrogen) atoms. The predicted octanol–water partition coefficient (Wildman–Crippen LogP) is 2.63. The summed E-state index contributed by atoms with van der Waals surface area (Å²) in [4.78, 5) is 24.1. The van der Waals surface area contributed by atoms with Crippen LogP contribution in [0.2, 0.25) is 0 Å². The van der Waals surface area contributed by atoms with Gasteiger partial charge in [0, 0.05) is 12.1 Å². The average molecular weight is 415 g/mol. The van der Waals surface area contributed by atoms with Crippen molar-refractivity contribution in [2.45, 2.75) is 6.54 Å². The smallest absolute Gasteiger partial charge is 0.329 e. The van der Waals surface area contributed by atoms with E-state index in [1.54, 1.807) is 37.4 Å². The highest BCUT2D eigenvalue weighted by molar-refractivity contribution is 6.35. The summed E-state index contributed by atoms with van der Waals surface area (Å²) in [5, 5.41) is 8.31. The third kappa shape index (κ3) is 5.61. The molecule has 0 unspecified atom stereocenters. The number of nitrogens with zero attached hydrogens (tertiary/aromatic N) is 1. The summed E-state index contributed by atoms with van der Waals surface area (Å²) >= 11 is 0. The second-order valence-electron chi connectivity index (χ2n) is 6.42. The van der Waals surface area contributed by atoms with E-state index in [1.165, 1.54) is 6.21 Å². The van der Waals surface area contributed by atoms with Gasteiger partial charge in [-0.15, -0.1) is 6.42 Å². The highest BCUT2D eigenvalue weighted by atomic mass is 16.5. The first-order chi connectivity index (χ1) is 15.1. The number of hydrogen-bond donors (Lipinski definition) is 2. The zero-order valence-corrected chi connectivity index (χ0v) is 16.9. The molecule has 7 heteroatoms. The average Bonchev–Trinajstić information content (AvgIpc) is 2.81. The third-order valence-electron chi connectivity index (χ3n) is 4.42. The molecule has 7 nitrogen and oxygen atoms in total. The molecule has 0 aromatic heterocycles. The Morgan fingerprint density at radius 3 is 2.58 bits per heavy atom. The number of amides is 2. The van der Waals surface area contributed by atoms with E-state index >= 15 is 0 Å². The van der Waals surface area contributed by atoms with E-state index in [4.69, 9.17) is 15.9 Å². The summed E-state index contributed by atoms with van der Waals surface area (Å²) in [6, 6.07) is 18.5. The molecule has 3 aromatic carbocycles. The lowest BCUT2D eigenvalue weighted by atomic mass is 10.0. The largest absolute Gasteiger partial charge is 0.497 e. The number of fused-ring (bicyclic) bond motifs is 1. The van der Waals surface area contributed by atoms with E-state index < -0.39 is 11.8 Å². The molecular formula is C24H21N3O4. The first kappa shape index (κ1) is 21.4. The van der Waals surface area contributed by atoms with Crippen molar-refractivity contribution in [1.82, 2.24) is 10.7 Å². The summed E-state index contributed by atoms with van der Waals surface area (Å²) in [5.74, 6) is 1.98. The SMILES string of the molecule is C#CCOc1ccc2ccccc2c1/C=N\NC(=O)C(=O)NCc1ccc(OC)cc1. The van der Waals surface area contributed by atoms with Crippen molar-refractivity contribution in [3.8, 4) is 23.8 Å². The molecule has 0 aliphatic rings. The molecule has 0 bridgehead atoms. The van der Waals surface area contributed by atoms with Gasteiger partial charge in [0.2, 0.25) is 0 Å². The first-order valence-electron chi connectivity index (χ1n) is 9.44. The maximum absolute atomic E-state index is 12.1. The van der Waals surface area contributed by atoms with Crippen molar-refractivity contribution >= 4 is 28.8 Å². The summed E-state index contributed by atoms with van der Waals surface area (Å²) in [7, 11) is 1.57. The van der Waals surface area contributed by atoms with Crippen molar-refractivity contribution in [3.05, 3.63) is 71.8 Å². The lowest BCUT2D eigenvalue weighted by Gasteiger charge is -2.10. The lowest BCUT2D eigenvalue weighted by Crippen LogP contribution is -2.37. The quantitative estimate of drug-likeness (QED) is 0.269. The van der Waals surface area contributed by atoms with Gasteiger partial charge in [-0.2, -0.15) is 5.10 Å². The number of methoxy groups -OCH3 is 1. The Morgan fingerprint density at radius 1 is 1.06 bits per heavy atom. The van der Waals surface area contributed by atoms with Crippen molar-refractivity contribution in [2.24, 2.45) is 5.10 Å². The van der Waals surface area contributed by atoms with E-state index in [9.17, 15) is 9.59 Å². The van der Waals surface area contributed by atoms with E-state index in [-0.39, 0.29) is 13.2 Å². The van der Waals surface area contributed by atoms with E-state index in [2.05, 4.69) is 21.8 Å². The van der Waals surface area contributed by atoms with E-state index in [0.29, 0.717) is 17.1 Å². The van der Waals surface area contributed by atoms with Crippen molar-refractivity contribution in [2.75, 3.05) is 13.7 Å². The van der Waals surface area contributed by atoms with Gasteiger partial charge in [0.1, 0.15) is 18.1 Å². The van der Waals surface area contributed by atoms with Crippen LogP contribution < -0.4 is 20.2 Å². The molecule has 0 saturated carbocycles. The van der Waals surface area contributed by atoms with Gasteiger partial charge in [-0.05, 0) is 34.5 Å². The van der Waals surface area contributed by atoms with Gasteiger partial charge in [-0.1, -0.05) is 48.4 Å². The fourth-order valence-electron chi connectivity index (χ4n) is 2.87. The van der Waals surface area contributed by atoms with Gasteiger partial charge in [-0.3, -0.25) is 9.59 Å². The molecule has 3 aromatic rings. The standard InChI is InChI=1S/C24H21N3O4/c1-3-14-31-22-13-10-18-6-4-5-7-20(18)21(22)16-26-27-24(29)23(28)25-15-17-8-11-19(30-2)12-9-17/h1,4-13,16H,14-15H2,2H3,(H,25,28)(H,27,29)/b26-16-. The Kier molecular flexibility index (Phi) is 7.22. The molecule has 0 saturated heterocycles. The van der Waals surface area contributed by atoms with Crippen molar-refractivity contribution < 1.29 is 19.1 Å². The van der Waals surface area contributed by atoms with Crippen LogP contribution in [0.4, 0.5) is 0 Å². The minimum absolute atomic E-state index is 0.0965. The third-order valence-corrected chi connectivity index (χ3v) is 4.42. The van der Waals surface area contributed by atoms with Gasteiger partial charge >= 0.3 is 11.8 Å². The number of carbonyl (C=O) groups excluding carboxylic acids is 2. The molecule has 0 atom stereocenters. The van der Waals surface area contributed by atoms with E-state index in [0.717, 1.165) is 16.3 Å². The molecule has 156 valence electrons. The molecule has 0 spiro atoms. The van der Waals surface area contributed by atoms with Crippen LogP contribution in [-0.2, 0) is 16.1 Å². The molecule has 3 rings (SSSR count). The zero-order chi connectivity index (χ0) is 22.1. The summed E-state index contributed by atoms with van der Waals surface area (Å²) in [6.45, 7) is 0.298. The van der Waals surface area contributed by atoms with Crippen LogP contribution in [0.15, 0.2) is 65.8 Å². The summed E-state index contributed by atoms with van der Waals surface area (Å²) in [6.07, 6.45) is 6.71. The number of hydrazone groups is 1. The Labute approximate surface area is 180 Å². The monoisotopic (exact) mass is 415 g/mol. The lowest BCUT2D eigenvalue weighted by molar-refractivity contribution is -0.139. The molecule has 0 aliphatic heterocycles. The fraction of sp³-hybridized carbons (Fsp3) is 0.125. The number of carbonyl (C=O) groups is 2. The van der Waals surface area contributed by atoms with E-state index in [1.807, 2.05) is 30.3 Å².